The molecule has 0 fully saturated rings. The standard InChI is InChI=1S/C10H10ClFN2/c1-3-5-14(4-2)10-9(12)6-8(11)7-13-10/h1,6-7H,4-5H2,2H3. The maximum absolute atomic E-state index is 13.4. The molecule has 74 valence electrons. The number of terminal acetylenes is 1. The molecule has 0 saturated heterocycles. The Morgan fingerprint density at radius 1 is 1.71 bits per heavy atom. The molecule has 2 nitrogen and oxygen atoms in total. The normalized spacial score (nSPS) is 9.57. The Kier molecular flexibility index (Phi) is 3.73. The first-order valence-corrected chi connectivity index (χ1v) is 4.56. The lowest BCUT2D eigenvalue weighted by Gasteiger charge is -2.19. The lowest BCUT2D eigenvalue weighted by molar-refractivity contribution is 0.614. The van der Waals surface area contributed by atoms with Crippen LogP contribution in [0.4, 0.5) is 10.2 Å². The third-order valence-electron chi connectivity index (χ3n) is 1.75. The predicted octanol–water partition coefficient (Wildman–Crippen LogP) is 2.33. The van der Waals surface area contributed by atoms with Gasteiger partial charge in [0, 0.05) is 12.7 Å². The van der Waals surface area contributed by atoms with Crippen molar-refractivity contribution in [2.75, 3.05) is 18.0 Å². The fourth-order valence-corrected chi connectivity index (χ4v) is 1.23. The van der Waals surface area contributed by atoms with Crippen LogP contribution < -0.4 is 4.90 Å². The minimum Gasteiger partial charge on any atom is -0.343 e. The van der Waals surface area contributed by atoms with Gasteiger partial charge < -0.3 is 4.90 Å². The highest BCUT2D eigenvalue weighted by atomic mass is 35.5. The van der Waals surface area contributed by atoms with E-state index in [9.17, 15) is 4.39 Å². The number of rotatable bonds is 3. The summed E-state index contributed by atoms with van der Waals surface area (Å²) in [6.45, 7) is 2.82. The van der Waals surface area contributed by atoms with Gasteiger partial charge in [-0.3, -0.25) is 0 Å². The van der Waals surface area contributed by atoms with E-state index in [1.165, 1.54) is 12.3 Å². The third-order valence-corrected chi connectivity index (χ3v) is 1.96. The lowest BCUT2D eigenvalue weighted by Crippen LogP contribution is -2.24. The van der Waals surface area contributed by atoms with Gasteiger partial charge in [-0.05, 0) is 13.0 Å². The number of anilines is 1. The van der Waals surface area contributed by atoms with E-state index in [0.29, 0.717) is 13.1 Å². The Morgan fingerprint density at radius 3 is 2.93 bits per heavy atom. The molecule has 0 bridgehead atoms. The fourth-order valence-electron chi connectivity index (χ4n) is 1.09. The van der Waals surface area contributed by atoms with Crippen molar-refractivity contribution in [1.29, 1.82) is 0 Å². The summed E-state index contributed by atoms with van der Waals surface area (Å²) >= 11 is 5.58. The molecule has 14 heavy (non-hydrogen) atoms. The van der Waals surface area contributed by atoms with Crippen molar-refractivity contribution < 1.29 is 4.39 Å². The van der Waals surface area contributed by atoms with Gasteiger partial charge in [0.2, 0.25) is 0 Å². The van der Waals surface area contributed by atoms with Gasteiger partial charge in [-0.1, -0.05) is 17.5 Å². The van der Waals surface area contributed by atoms with Crippen LogP contribution in [0.1, 0.15) is 6.92 Å². The summed E-state index contributed by atoms with van der Waals surface area (Å²) < 4.78 is 13.4. The van der Waals surface area contributed by atoms with Crippen LogP contribution in [0.15, 0.2) is 12.3 Å². The van der Waals surface area contributed by atoms with E-state index in [1.807, 2.05) is 6.92 Å². The topological polar surface area (TPSA) is 16.1 Å². The quantitative estimate of drug-likeness (QED) is 0.715. The molecule has 0 atom stereocenters. The van der Waals surface area contributed by atoms with E-state index in [2.05, 4.69) is 10.9 Å². The Hall–Kier alpha value is -1.27. The van der Waals surface area contributed by atoms with Crippen LogP contribution in [-0.2, 0) is 0 Å². The van der Waals surface area contributed by atoms with Crippen LogP contribution in [0.5, 0.6) is 0 Å². The number of halogens is 2. The third kappa shape index (κ3) is 2.36. The summed E-state index contributed by atoms with van der Waals surface area (Å²) in [5.74, 6) is 2.24. The van der Waals surface area contributed by atoms with Gasteiger partial charge >= 0.3 is 0 Å². The molecule has 0 spiro atoms. The van der Waals surface area contributed by atoms with E-state index < -0.39 is 5.82 Å². The molecule has 0 aromatic carbocycles. The Morgan fingerprint density at radius 2 is 2.43 bits per heavy atom. The highest BCUT2D eigenvalue weighted by molar-refractivity contribution is 6.30. The average molecular weight is 213 g/mol. The largest absolute Gasteiger partial charge is 0.343 e. The molecule has 1 aromatic rings. The number of hydrogen-bond donors (Lipinski definition) is 0. The summed E-state index contributed by atoms with van der Waals surface area (Å²) in [5.41, 5.74) is 0. The summed E-state index contributed by atoms with van der Waals surface area (Å²) in [6, 6.07) is 1.23. The van der Waals surface area contributed by atoms with Crippen LogP contribution in [0.2, 0.25) is 5.02 Å². The molecule has 1 aromatic heterocycles. The summed E-state index contributed by atoms with van der Waals surface area (Å²) in [4.78, 5) is 5.55. The van der Waals surface area contributed by atoms with Crippen LogP contribution >= 0.6 is 11.6 Å². The van der Waals surface area contributed by atoms with Crippen LogP contribution in [-0.4, -0.2) is 18.1 Å². The van der Waals surface area contributed by atoms with E-state index in [4.69, 9.17) is 18.0 Å². The molecule has 1 heterocycles. The zero-order valence-corrected chi connectivity index (χ0v) is 8.55. The Labute approximate surface area is 87.7 Å². The second-order valence-electron chi connectivity index (χ2n) is 2.68. The Bertz CT molecular complexity index is 360. The van der Waals surface area contributed by atoms with Crippen LogP contribution in [0.25, 0.3) is 0 Å². The van der Waals surface area contributed by atoms with Crippen molar-refractivity contribution >= 4 is 17.4 Å². The molecule has 4 heteroatoms. The van der Waals surface area contributed by atoms with Crippen LogP contribution in [0.3, 0.4) is 0 Å². The average Bonchev–Trinajstić information content (AvgIpc) is 2.15. The first kappa shape index (κ1) is 10.8. The summed E-state index contributed by atoms with van der Waals surface area (Å²) in [5, 5.41) is 0.281. The lowest BCUT2D eigenvalue weighted by atomic mass is 10.4. The molecule has 0 N–H and O–H groups in total. The van der Waals surface area contributed by atoms with Crippen molar-refractivity contribution in [1.82, 2.24) is 4.98 Å². The van der Waals surface area contributed by atoms with Gasteiger partial charge in [0.1, 0.15) is 0 Å². The highest BCUT2D eigenvalue weighted by Crippen LogP contribution is 2.18. The Balaban J connectivity index is 2.99. The molecular formula is C10H10ClFN2. The van der Waals surface area contributed by atoms with Gasteiger partial charge in [0.25, 0.3) is 0 Å². The molecule has 0 amide bonds. The number of nitrogens with zero attached hydrogens (tertiary/aromatic N) is 2. The zero-order valence-electron chi connectivity index (χ0n) is 7.80. The molecular weight excluding hydrogens is 203 g/mol. The molecule has 0 unspecified atom stereocenters. The smallest absolute Gasteiger partial charge is 0.167 e. The second kappa shape index (κ2) is 4.83. The molecule has 0 aliphatic heterocycles. The maximum Gasteiger partial charge on any atom is 0.167 e. The fraction of sp³-hybridized carbons (Fsp3) is 0.300. The molecule has 0 saturated carbocycles. The SMILES string of the molecule is C#CCN(CC)c1ncc(Cl)cc1F. The second-order valence-corrected chi connectivity index (χ2v) is 3.11. The number of hydrogen-bond acceptors (Lipinski definition) is 2. The minimum absolute atomic E-state index is 0.245. The minimum atomic E-state index is -0.449. The van der Waals surface area contributed by atoms with E-state index >= 15 is 0 Å². The van der Waals surface area contributed by atoms with Crippen molar-refractivity contribution in [2.45, 2.75) is 6.92 Å². The van der Waals surface area contributed by atoms with Gasteiger partial charge in [0.15, 0.2) is 11.6 Å². The number of aromatic nitrogens is 1. The van der Waals surface area contributed by atoms with E-state index in [-0.39, 0.29) is 10.8 Å². The first-order valence-electron chi connectivity index (χ1n) is 4.18. The molecule has 0 radical (unpaired) electrons. The van der Waals surface area contributed by atoms with E-state index in [0.717, 1.165) is 0 Å². The predicted molar refractivity (Wildman–Crippen MR) is 55.9 cm³/mol. The number of pyridine rings is 1. The molecule has 0 aliphatic carbocycles. The maximum atomic E-state index is 13.4. The van der Waals surface area contributed by atoms with Gasteiger partial charge in [0.05, 0.1) is 11.6 Å². The molecule has 1 rings (SSSR count). The van der Waals surface area contributed by atoms with E-state index in [1.54, 1.807) is 4.90 Å². The van der Waals surface area contributed by atoms with Gasteiger partial charge in [-0.25, -0.2) is 9.37 Å². The summed E-state index contributed by atoms with van der Waals surface area (Å²) in [6.07, 6.45) is 6.56. The van der Waals surface area contributed by atoms with Crippen LogP contribution in [0, 0.1) is 18.2 Å². The van der Waals surface area contributed by atoms with Gasteiger partial charge in [-0.2, -0.15) is 0 Å². The molecule has 0 aliphatic rings. The monoisotopic (exact) mass is 212 g/mol. The van der Waals surface area contributed by atoms with Crippen molar-refractivity contribution in [3.05, 3.63) is 23.1 Å². The van der Waals surface area contributed by atoms with Crippen molar-refractivity contribution in [3.8, 4) is 12.3 Å². The summed E-state index contributed by atoms with van der Waals surface area (Å²) in [7, 11) is 0. The highest BCUT2D eigenvalue weighted by Gasteiger charge is 2.10. The van der Waals surface area contributed by atoms with Gasteiger partial charge in [-0.15, -0.1) is 6.42 Å². The van der Waals surface area contributed by atoms with Crippen molar-refractivity contribution in [2.24, 2.45) is 0 Å². The first-order chi connectivity index (χ1) is 6.69. The van der Waals surface area contributed by atoms with Crippen molar-refractivity contribution in [3.63, 3.8) is 0 Å². The zero-order chi connectivity index (χ0) is 10.6.